The summed E-state index contributed by atoms with van der Waals surface area (Å²) in [7, 11) is 0. The van der Waals surface area contributed by atoms with Crippen molar-refractivity contribution in [1.82, 2.24) is 0 Å². The molecular formula is C17H13F19O4. The van der Waals surface area contributed by atoms with Crippen LogP contribution in [0.3, 0.4) is 0 Å². The average molecular weight is 642 g/mol. The second-order valence-corrected chi connectivity index (χ2v) is 8.16. The molecule has 0 aliphatic heterocycles. The lowest BCUT2D eigenvalue weighted by Gasteiger charge is -2.44. The van der Waals surface area contributed by atoms with E-state index >= 15 is 0 Å². The highest BCUT2D eigenvalue weighted by molar-refractivity contribution is 5.71. The van der Waals surface area contributed by atoms with Gasteiger partial charge in [-0.2, -0.15) is 83.4 Å². The lowest BCUT2D eigenvalue weighted by Crippen LogP contribution is -2.76. The lowest BCUT2D eigenvalue weighted by atomic mass is 9.79. The summed E-state index contributed by atoms with van der Waals surface area (Å²) in [5.74, 6) is -79.5. The largest absolute Gasteiger partial charge is 0.481 e. The van der Waals surface area contributed by atoms with Gasteiger partial charge in [0.15, 0.2) is 0 Å². The summed E-state index contributed by atoms with van der Waals surface area (Å²) in [6, 6.07) is 0. The van der Waals surface area contributed by atoms with Gasteiger partial charge in [-0.05, 0) is 12.8 Å². The third-order valence-electron chi connectivity index (χ3n) is 5.54. The Kier molecular flexibility index (Phi) is 9.84. The number of rotatable bonds is 14. The molecule has 0 aromatic rings. The van der Waals surface area contributed by atoms with E-state index in [4.69, 9.17) is 10.2 Å². The first-order chi connectivity index (χ1) is 17.2. The van der Waals surface area contributed by atoms with Gasteiger partial charge in [0.2, 0.25) is 0 Å². The minimum absolute atomic E-state index is 0.424. The number of alkyl halides is 19. The van der Waals surface area contributed by atoms with Crippen molar-refractivity contribution in [3.8, 4) is 0 Å². The van der Waals surface area contributed by atoms with Crippen molar-refractivity contribution in [1.29, 1.82) is 0 Å². The van der Waals surface area contributed by atoms with Crippen LogP contribution in [0.15, 0.2) is 0 Å². The molecule has 4 nitrogen and oxygen atoms in total. The molecule has 0 fully saturated rings. The summed E-state index contributed by atoms with van der Waals surface area (Å²) in [5.41, 5.74) is 0. The maximum Gasteiger partial charge on any atom is 0.460 e. The summed E-state index contributed by atoms with van der Waals surface area (Å²) in [6.07, 6.45) is -11.5. The number of carboxylic acids is 2. The van der Waals surface area contributed by atoms with Crippen LogP contribution in [-0.4, -0.2) is 75.7 Å². The topological polar surface area (TPSA) is 74.6 Å². The maximum atomic E-state index is 14.3. The summed E-state index contributed by atoms with van der Waals surface area (Å²) < 4.78 is 254. The van der Waals surface area contributed by atoms with Crippen molar-refractivity contribution in [3.63, 3.8) is 0 Å². The number of carboxylic acid groups (broad SMARTS) is 2. The van der Waals surface area contributed by atoms with Crippen LogP contribution < -0.4 is 0 Å². The summed E-state index contributed by atoms with van der Waals surface area (Å²) in [6.45, 7) is -0.424. The molecule has 2 atom stereocenters. The van der Waals surface area contributed by atoms with Gasteiger partial charge in [0, 0.05) is 12.3 Å². The zero-order chi connectivity index (χ0) is 32.9. The van der Waals surface area contributed by atoms with Gasteiger partial charge in [-0.1, -0.05) is 6.92 Å². The predicted octanol–water partition coefficient (Wildman–Crippen LogP) is 7.22. The molecule has 0 bridgehead atoms. The molecule has 0 aliphatic carbocycles. The van der Waals surface area contributed by atoms with E-state index < -0.39 is 104 Å². The lowest BCUT2D eigenvalue weighted by molar-refractivity contribution is -0.470. The van der Waals surface area contributed by atoms with E-state index in [2.05, 4.69) is 0 Å². The number of hydrogen-bond acceptors (Lipinski definition) is 2. The number of carbonyl (C=O) groups is 2. The first kappa shape index (κ1) is 37.6. The minimum atomic E-state index is -9.07. The third kappa shape index (κ3) is 5.31. The molecule has 2 N–H and O–H groups in total. The van der Waals surface area contributed by atoms with Crippen LogP contribution in [0.5, 0.6) is 0 Å². The molecule has 2 unspecified atom stereocenters. The number of hydrogen-bond donors (Lipinski definition) is 2. The fraction of sp³-hybridized carbons (Fsp3) is 0.882. The van der Waals surface area contributed by atoms with Gasteiger partial charge in [0.1, 0.15) is 0 Å². The van der Waals surface area contributed by atoms with Crippen LogP contribution in [0.4, 0.5) is 83.4 Å². The molecule has 0 heterocycles. The van der Waals surface area contributed by atoms with E-state index in [9.17, 15) is 93.0 Å². The van der Waals surface area contributed by atoms with Crippen LogP contribution in [-0.2, 0) is 9.59 Å². The molecule has 0 amide bonds. The predicted molar refractivity (Wildman–Crippen MR) is 87.4 cm³/mol. The molecule has 238 valence electrons. The number of halogens is 19. The Balaban J connectivity index is 6.91. The second-order valence-electron chi connectivity index (χ2n) is 8.16. The Morgan fingerprint density at radius 3 is 1.12 bits per heavy atom. The minimum Gasteiger partial charge on any atom is -0.481 e. The third-order valence-corrected chi connectivity index (χ3v) is 5.54. The normalized spacial score (nSPS) is 17.0. The van der Waals surface area contributed by atoms with E-state index in [-0.39, 0.29) is 0 Å². The van der Waals surface area contributed by atoms with Crippen molar-refractivity contribution >= 4 is 11.9 Å². The molecule has 0 aromatic heterocycles. The Morgan fingerprint density at radius 1 is 0.550 bits per heavy atom. The van der Waals surface area contributed by atoms with E-state index in [1.165, 1.54) is 0 Å². The zero-order valence-electron chi connectivity index (χ0n) is 18.7. The smallest absolute Gasteiger partial charge is 0.460 e. The van der Waals surface area contributed by atoms with E-state index in [1.54, 1.807) is 0 Å². The quantitative estimate of drug-likeness (QED) is 0.196. The molecule has 0 rings (SSSR count). The average Bonchev–Trinajstić information content (AvgIpc) is 2.73. The Labute approximate surface area is 208 Å². The molecular weight excluding hydrogens is 629 g/mol. The molecule has 0 aromatic carbocycles. The highest BCUT2D eigenvalue weighted by Gasteiger charge is 2.96. The van der Waals surface area contributed by atoms with Crippen LogP contribution >= 0.6 is 0 Å². The van der Waals surface area contributed by atoms with Crippen molar-refractivity contribution < 1.29 is 103 Å². The number of aliphatic carboxylic acids is 2. The Bertz CT molecular complexity index is 939. The van der Waals surface area contributed by atoms with Crippen molar-refractivity contribution in [3.05, 3.63) is 0 Å². The van der Waals surface area contributed by atoms with Gasteiger partial charge >= 0.3 is 65.5 Å². The Morgan fingerprint density at radius 2 is 0.850 bits per heavy atom. The molecule has 40 heavy (non-hydrogen) atoms. The second kappa shape index (κ2) is 10.5. The van der Waals surface area contributed by atoms with Crippen LogP contribution in [0.25, 0.3) is 0 Å². The molecule has 0 aliphatic rings. The SMILES string of the molecule is CC(C(CCCC(=O)O)C(=O)O)C(F)(F)C(F)(F)C(F)(F)C(F)(F)C(F)(F)C(F)(F)C(F)(F)C(F)(F)C(F)(F)F. The first-order valence-corrected chi connectivity index (χ1v) is 9.70. The molecule has 0 radical (unpaired) electrons. The maximum absolute atomic E-state index is 14.3. The van der Waals surface area contributed by atoms with Crippen LogP contribution in [0, 0.1) is 11.8 Å². The van der Waals surface area contributed by atoms with Gasteiger partial charge in [0.25, 0.3) is 0 Å². The molecule has 0 saturated carbocycles. The van der Waals surface area contributed by atoms with Crippen LogP contribution in [0.2, 0.25) is 0 Å². The van der Waals surface area contributed by atoms with E-state index in [0.29, 0.717) is 0 Å². The zero-order valence-corrected chi connectivity index (χ0v) is 18.7. The van der Waals surface area contributed by atoms with Gasteiger partial charge in [-0.25, -0.2) is 0 Å². The Hall–Kier alpha value is -2.39. The van der Waals surface area contributed by atoms with E-state index in [0.717, 1.165) is 0 Å². The fourth-order valence-electron chi connectivity index (χ4n) is 2.97. The van der Waals surface area contributed by atoms with Crippen molar-refractivity contribution in [2.45, 2.75) is 79.7 Å². The highest BCUT2D eigenvalue weighted by atomic mass is 19.4. The highest BCUT2D eigenvalue weighted by Crippen LogP contribution is 2.65. The molecule has 23 heteroatoms. The van der Waals surface area contributed by atoms with Gasteiger partial charge < -0.3 is 10.2 Å². The monoisotopic (exact) mass is 642 g/mol. The molecule has 0 spiro atoms. The van der Waals surface area contributed by atoms with Crippen molar-refractivity contribution in [2.24, 2.45) is 11.8 Å². The summed E-state index contributed by atoms with van der Waals surface area (Å²) in [4.78, 5) is 21.5. The summed E-state index contributed by atoms with van der Waals surface area (Å²) >= 11 is 0. The first-order valence-electron chi connectivity index (χ1n) is 9.70. The molecule has 0 saturated heterocycles. The van der Waals surface area contributed by atoms with E-state index in [1.807, 2.05) is 0 Å². The van der Waals surface area contributed by atoms with Crippen LogP contribution in [0.1, 0.15) is 26.2 Å². The van der Waals surface area contributed by atoms with Gasteiger partial charge in [0.05, 0.1) is 5.92 Å². The van der Waals surface area contributed by atoms with Crippen molar-refractivity contribution in [2.75, 3.05) is 0 Å². The van der Waals surface area contributed by atoms with Gasteiger partial charge in [-0.3, -0.25) is 9.59 Å². The summed E-state index contributed by atoms with van der Waals surface area (Å²) in [5, 5.41) is 17.2. The standard InChI is InChI=1S/C17H13F19O4/c1-5(6(8(39)40)3-2-4-7(37)38)9(18,19)10(20,21)11(22,23)12(24,25)13(26,27)14(28,29)15(30,31)16(32,33)17(34,35)36/h5-6H,2-4H2,1H3,(H,37,38)(H,39,40). The fourth-order valence-corrected chi connectivity index (χ4v) is 2.97. The van der Waals surface area contributed by atoms with Gasteiger partial charge in [-0.15, -0.1) is 0 Å².